The van der Waals surface area contributed by atoms with Gasteiger partial charge in [-0.2, -0.15) is 5.10 Å². The van der Waals surface area contributed by atoms with Crippen LogP contribution in [0.4, 0.5) is 0 Å². The molecule has 0 atom stereocenters. The molecule has 0 fully saturated rings. The van der Waals surface area contributed by atoms with Gasteiger partial charge in [-0.15, -0.1) is 5.10 Å². The van der Waals surface area contributed by atoms with Gasteiger partial charge in [-0.05, 0) is 38.2 Å². The van der Waals surface area contributed by atoms with E-state index in [9.17, 15) is 0 Å². The van der Waals surface area contributed by atoms with E-state index in [1.54, 1.807) is 6.20 Å². The van der Waals surface area contributed by atoms with Crippen molar-refractivity contribution in [3.05, 3.63) is 17.8 Å². The SMILES string of the molecule is CC(C)c1cnnc(SSS)c1. The van der Waals surface area contributed by atoms with E-state index in [1.807, 2.05) is 6.07 Å². The Morgan fingerprint density at radius 3 is 2.83 bits per heavy atom. The van der Waals surface area contributed by atoms with Gasteiger partial charge in [0.15, 0.2) is 0 Å². The van der Waals surface area contributed by atoms with Crippen LogP contribution in [0, 0.1) is 0 Å². The molecule has 1 heterocycles. The number of nitrogens with zero attached hydrogens (tertiary/aromatic N) is 2. The van der Waals surface area contributed by atoms with Gasteiger partial charge in [-0.1, -0.05) is 25.5 Å². The zero-order chi connectivity index (χ0) is 8.97. The summed E-state index contributed by atoms with van der Waals surface area (Å²) in [5, 5.41) is 8.78. The van der Waals surface area contributed by atoms with Crippen molar-refractivity contribution >= 4 is 32.3 Å². The second-order valence-electron chi connectivity index (χ2n) is 2.64. The number of thiol groups is 1. The van der Waals surface area contributed by atoms with Crippen LogP contribution >= 0.6 is 32.3 Å². The number of hydrogen-bond acceptors (Lipinski definition) is 5. The van der Waals surface area contributed by atoms with Crippen molar-refractivity contribution in [2.75, 3.05) is 0 Å². The molecule has 5 heteroatoms. The summed E-state index contributed by atoms with van der Waals surface area (Å²) in [6.45, 7) is 4.28. The minimum absolute atomic E-state index is 0.504. The van der Waals surface area contributed by atoms with Gasteiger partial charge in [-0.3, -0.25) is 0 Å². The highest BCUT2D eigenvalue weighted by Crippen LogP contribution is 2.32. The Balaban J connectivity index is 2.81. The predicted octanol–water partition coefficient (Wildman–Crippen LogP) is 3.19. The lowest BCUT2D eigenvalue weighted by Gasteiger charge is -2.03. The van der Waals surface area contributed by atoms with E-state index in [-0.39, 0.29) is 0 Å². The van der Waals surface area contributed by atoms with Crippen molar-refractivity contribution in [2.24, 2.45) is 0 Å². The molecule has 0 amide bonds. The summed E-state index contributed by atoms with van der Waals surface area (Å²) in [6.07, 6.45) is 1.80. The van der Waals surface area contributed by atoms with Crippen molar-refractivity contribution in [3.63, 3.8) is 0 Å². The van der Waals surface area contributed by atoms with E-state index in [0.717, 1.165) is 5.03 Å². The fraction of sp³-hybridized carbons (Fsp3) is 0.429. The van der Waals surface area contributed by atoms with Crippen LogP contribution in [0.15, 0.2) is 17.3 Å². The molecule has 1 aromatic heterocycles. The number of rotatable bonds is 3. The molecule has 0 unspecified atom stereocenters. The minimum atomic E-state index is 0.504. The van der Waals surface area contributed by atoms with Gasteiger partial charge < -0.3 is 0 Å². The van der Waals surface area contributed by atoms with E-state index in [4.69, 9.17) is 0 Å². The second-order valence-corrected chi connectivity index (χ2v) is 5.66. The van der Waals surface area contributed by atoms with Crippen molar-refractivity contribution in [3.8, 4) is 0 Å². The van der Waals surface area contributed by atoms with Gasteiger partial charge in [0.2, 0.25) is 0 Å². The molecule has 0 spiro atoms. The molecule has 0 N–H and O–H groups in total. The maximum absolute atomic E-state index is 4.03. The van der Waals surface area contributed by atoms with Crippen molar-refractivity contribution in [2.45, 2.75) is 24.8 Å². The lowest BCUT2D eigenvalue weighted by atomic mass is 10.1. The number of aromatic nitrogens is 2. The van der Waals surface area contributed by atoms with Gasteiger partial charge in [0.25, 0.3) is 0 Å². The molecule has 0 saturated heterocycles. The van der Waals surface area contributed by atoms with E-state index in [0.29, 0.717) is 5.92 Å². The molecule has 0 aliphatic rings. The van der Waals surface area contributed by atoms with Gasteiger partial charge in [-0.25, -0.2) is 0 Å². The zero-order valence-electron chi connectivity index (χ0n) is 6.89. The Morgan fingerprint density at radius 1 is 1.50 bits per heavy atom. The molecule has 0 aliphatic heterocycles. The highest BCUT2D eigenvalue weighted by Gasteiger charge is 2.02. The van der Waals surface area contributed by atoms with Gasteiger partial charge >= 0.3 is 0 Å². The Hall–Kier alpha value is 0.130. The van der Waals surface area contributed by atoms with Crippen LogP contribution < -0.4 is 0 Å². The lowest BCUT2D eigenvalue weighted by molar-refractivity contribution is 0.815. The molecule has 1 rings (SSSR count). The summed E-state index contributed by atoms with van der Waals surface area (Å²) in [5.41, 5.74) is 1.22. The molecular formula is C7H10N2S3. The van der Waals surface area contributed by atoms with E-state index >= 15 is 0 Å². The van der Waals surface area contributed by atoms with Crippen LogP contribution in [0.1, 0.15) is 25.3 Å². The van der Waals surface area contributed by atoms with Crippen LogP contribution in [0.3, 0.4) is 0 Å². The molecule has 0 aliphatic carbocycles. The third-order valence-corrected chi connectivity index (χ3v) is 3.29. The van der Waals surface area contributed by atoms with Crippen molar-refractivity contribution < 1.29 is 0 Å². The highest BCUT2D eigenvalue weighted by atomic mass is 33.5. The summed E-state index contributed by atoms with van der Waals surface area (Å²) in [6, 6.07) is 2.05. The molecule has 12 heavy (non-hydrogen) atoms. The maximum atomic E-state index is 4.03. The average molecular weight is 218 g/mol. The largest absolute Gasteiger partial charge is 0.158 e. The highest BCUT2D eigenvalue weighted by molar-refractivity contribution is 9.05. The smallest absolute Gasteiger partial charge is 0.130 e. The molecule has 0 saturated carbocycles. The van der Waals surface area contributed by atoms with E-state index in [2.05, 4.69) is 35.7 Å². The van der Waals surface area contributed by atoms with Crippen molar-refractivity contribution in [1.29, 1.82) is 0 Å². The average Bonchev–Trinajstić information content (AvgIpc) is 2.05. The quantitative estimate of drug-likeness (QED) is 0.622. The fourth-order valence-electron chi connectivity index (χ4n) is 0.756. The summed E-state index contributed by atoms with van der Waals surface area (Å²) < 4.78 is 0. The van der Waals surface area contributed by atoms with Gasteiger partial charge in [0.05, 0.1) is 6.20 Å². The first-order valence-corrected chi connectivity index (χ1v) is 6.75. The summed E-state index contributed by atoms with van der Waals surface area (Å²) in [7, 11) is 2.90. The van der Waals surface area contributed by atoms with Gasteiger partial charge in [0.1, 0.15) is 5.03 Å². The molecule has 66 valence electrons. The van der Waals surface area contributed by atoms with Crippen LogP contribution in [0.5, 0.6) is 0 Å². The Bertz CT molecular complexity index is 252. The third-order valence-electron chi connectivity index (χ3n) is 1.44. The molecule has 0 radical (unpaired) electrons. The first-order valence-electron chi connectivity index (χ1n) is 3.54. The normalized spacial score (nSPS) is 10.7. The Morgan fingerprint density at radius 2 is 2.25 bits per heavy atom. The first kappa shape index (κ1) is 10.2. The van der Waals surface area contributed by atoms with Crippen LogP contribution in [0.2, 0.25) is 0 Å². The Labute approximate surface area is 85.1 Å². The fourth-order valence-corrected chi connectivity index (χ4v) is 2.26. The van der Waals surface area contributed by atoms with Gasteiger partial charge in [0, 0.05) is 0 Å². The molecule has 2 nitrogen and oxygen atoms in total. The molecule has 1 aromatic rings. The zero-order valence-corrected chi connectivity index (χ0v) is 9.42. The first-order chi connectivity index (χ1) is 5.74. The lowest BCUT2D eigenvalue weighted by Crippen LogP contribution is -1.91. The molecule has 0 aromatic carbocycles. The monoisotopic (exact) mass is 218 g/mol. The molecular weight excluding hydrogens is 208 g/mol. The summed E-state index contributed by atoms with van der Waals surface area (Å²) in [5.74, 6) is 0.504. The van der Waals surface area contributed by atoms with E-state index < -0.39 is 0 Å². The van der Waals surface area contributed by atoms with Crippen LogP contribution in [0.25, 0.3) is 0 Å². The second kappa shape index (κ2) is 4.99. The third kappa shape index (κ3) is 2.88. The standard InChI is InChI=1S/C7H10N2S3/c1-5(2)6-3-7(11-12-10)9-8-4-6/h3-5,10H,1-2H3. The Kier molecular flexibility index (Phi) is 4.25. The molecule has 0 bridgehead atoms. The van der Waals surface area contributed by atoms with Crippen molar-refractivity contribution in [1.82, 2.24) is 10.2 Å². The summed E-state index contributed by atoms with van der Waals surface area (Å²) in [4.78, 5) is 0. The van der Waals surface area contributed by atoms with Crippen LogP contribution in [-0.4, -0.2) is 10.2 Å². The summed E-state index contributed by atoms with van der Waals surface area (Å²) >= 11 is 4.03. The topological polar surface area (TPSA) is 25.8 Å². The minimum Gasteiger partial charge on any atom is -0.158 e. The van der Waals surface area contributed by atoms with Crippen LogP contribution in [-0.2, 0) is 0 Å². The van der Waals surface area contributed by atoms with E-state index in [1.165, 1.54) is 26.2 Å². The maximum Gasteiger partial charge on any atom is 0.130 e. The predicted molar refractivity (Wildman–Crippen MR) is 58.6 cm³/mol. The number of hydrogen-bond donors (Lipinski definition) is 1.